The molecule has 1 heterocycles. The van der Waals surface area contributed by atoms with Crippen molar-refractivity contribution in [1.29, 1.82) is 0 Å². The van der Waals surface area contributed by atoms with Crippen LogP contribution in [0.3, 0.4) is 0 Å². The molecule has 1 aromatic heterocycles. The Kier molecular flexibility index (Phi) is 5.83. The molecule has 22 heavy (non-hydrogen) atoms. The Hall–Kier alpha value is -2.01. The lowest BCUT2D eigenvalue weighted by atomic mass is 10.1. The van der Waals surface area contributed by atoms with Crippen LogP contribution >= 0.6 is 0 Å². The molecule has 0 saturated carbocycles. The number of aliphatic hydroxyl groups is 1. The van der Waals surface area contributed by atoms with Gasteiger partial charge in [-0.1, -0.05) is 25.1 Å². The van der Waals surface area contributed by atoms with Gasteiger partial charge in [0, 0.05) is 35.8 Å². The van der Waals surface area contributed by atoms with Gasteiger partial charge in [0.2, 0.25) is 0 Å². The molecule has 1 aromatic carbocycles. The topological polar surface area (TPSA) is 77.2 Å². The van der Waals surface area contributed by atoms with E-state index in [0.29, 0.717) is 13.0 Å². The van der Waals surface area contributed by atoms with Gasteiger partial charge in [0.1, 0.15) is 0 Å². The summed E-state index contributed by atoms with van der Waals surface area (Å²) in [5, 5.41) is 15.9. The highest BCUT2D eigenvalue weighted by atomic mass is 16.3. The van der Waals surface area contributed by atoms with E-state index in [-0.39, 0.29) is 18.7 Å². The van der Waals surface area contributed by atoms with Gasteiger partial charge in [-0.3, -0.25) is 0 Å². The molecule has 0 saturated heterocycles. The van der Waals surface area contributed by atoms with Crippen molar-refractivity contribution in [2.45, 2.75) is 39.2 Å². The number of carbonyl (C=O) groups is 1. The fourth-order valence-corrected chi connectivity index (χ4v) is 2.73. The van der Waals surface area contributed by atoms with Gasteiger partial charge in [0.25, 0.3) is 0 Å². The first-order chi connectivity index (χ1) is 10.7. The summed E-state index contributed by atoms with van der Waals surface area (Å²) in [6.45, 7) is 4.73. The molecule has 0 spiro atoms. The maximum atomic E-state index is 11.9. The summed E-state index contributed by atoms with van der Waals surface area (Å²) in [5.41, 5.74) is 3.53. The highest BCUT2D eigenvalue weighted by Gasteiger charge is 2.11. The zero-order chi connectivity index (χ0) is 15.9. The Bertz CT molecular complexity index is 621. The molecule has 1 atom stereocenters. The first kappa shape index (κ1) is 16.4. The van der Waals surface area contributed by atoms with Crippen molar-refractivity contribution >= 4 is 16.9 Å². The molecule has 0 aliphatic rings. The van der Waals surface area contributed by atoms with Crippen LogP contribution in [0.15, 0.2) is 24.3 Å². The van der Waals surface area contributed by atoms with Gasteiger partial charge in [-0.2, -0.15) is 0 Å². The van der Waals surface area contributed by atoms with Crippen molar-refractivity contribution in [3.63, 3.8) is 0 Å². The molecule has 0 aliphatic heterocycles. The summed E-state index contributed by atoms with van der Waals surface area (Å²) in [6, 6.07) is 8.06. The van der Waals surface area contributed by atoms with Crippen molar-refractivity contribution in [3.8, 4) is 0 Å². The second-order valence-corrected chi connectivity index (χ2v) is 5.54. The summed E-state index contributed by atoms with van der Waals surface area (Å²) in [4.78, 5) is 15.2. The number of aryl methyl sites for hydroxylation is 1. The maximum Gasteiger partial charge on any atom is 0.315 e. The molecule has 4 N–H and O–H groups in total. The number of aromatic amines is 1. The zero-order valence-electron chi connectivity index (χ0n) is 13.3. The fraction of sp³-hybridized carbons (Fsp3) is 0.471. The minimum atomic E-state index is -0.169. The number of nitrogens with one attached hydrogen (secondary N) is 3. The molecule has 1 unspecified atom stereocenters. The fourth-order valence-electron chi connectivity index (χ4n) is 2.73. The number of aliphatic hydroxyl groups excluding tert-OH is 1. The average molecular weight is 303 g/mol. The lowest BCUT2D eigenvalue weighted by molar-refractivity contribution is 0.228. The van der Waals surface area contributed by atoms with Crippen LogP contribution in [0.1, 0.15) is 31.0 Å². The monoisotopic (exact) mass is 303 g/mol. The Morgan fingerprint density at radius 3 is 2.86 bits per heavy atom. The number of aromatic nitrogens is 1. The van der Waals surface area contributed by atoms with Crippen LogP contribution < -0.4 is 10.6 Å². The molecule has 120 valence electrons. The third kappa shape index (κ3) is 4.01. The lowest BCUT2D eigenvalue weighted by Gasteiger charge is -2.16. The van der Waals surface area contributed by atoms with Gasteiger partial charge >= 0.3 is 6.03 Å². The number of rotatable bonds is 7. The van der Waals surface area contributed by atoms with Crippen LogP contribution in [0.25, 0.3) is 10.9 Å². The summed E-state index contributed by atoms with van der Waals surface area (Å²) < 4.78 is 0. The number of hydrogen-bond donors (Lipinski definition) is 4. The minimum Gasteiger partial charge on any atom is -0.396 e. The third-order valence-electron chi connectivity index (χ3n) is 3.99. The number of benzene rings is 1. The SMILES string of the molecule is CCC(CCO)NC(=O)NCCc1c(C)[nH]c2ccccc12. The third-order valence-corrected chi connectivity index (χ3v) is 3.99. The van der Waals surface area contributed by atoms with Gasteiger partial charge in [-0.15, -0.1) is 0 Å². The second kappa shape index (κ2) is 7.84. The summed E-state index contributed by atoms with van der Waals surface area (Å²) in [5.74, 6) is 0. The van der Waals surface area contributed by atoms with Crippen molar-refractivity contribution in [1.82, 2.24) is 15.6 Å². The highest BCUT2D eigenvalue weighted by Crippen LogP contribution is 2.21. The number of fused-ring (bicyclic) bond motifs is 1. The van der Waals surface area contributed by atoms with Gasteiger partial charge in [0.15, 0.2) is 0 Å². The number of urea groups is 1. The normalized spacial score (nSPS) is 12.3. The Morgan fingerprint density at radius 1 is 1.36 bits per heavy atom. The van der Waals surface area contributed by atoms with E-state index in [4.69, 9.17) is 5.11 Å². The average Bonchev–Trinajstić information content (AvgIpc) is 2.83. The highest BCUT2D eigenvalue weighted by molar-refractivity contribution is 5.84. The molecule has 0 fully saturated rings. The first-order valence-electron chi connectivity index (χ1n) is 7.87. The predicted molar refractivity (Wildman–Crippen MR) is 89.1 cm³/mol. The Balaban J connectivity index is 1.87. The van der Waals surface area contributed by atoms with Gasteiger partial charge in [0.05, 0.1) is 0 Å². The van der Waals surface area contributed by atoms with Crippen LogP contribution in [0.2, 0.25) is 0 Å². The van der Waals surface area contributed by atoms with Crippen LogP contribution in [-0.2, 0) is 6.42 Å². The molecular formula is C17H25N3O2. The number of hydrogen-bond acceptors (Lipinski definition) is 2. The summed E-state index contributed by atoms with van der Waals surface area (Å²) in [7, 11) is 0. The number of para-hydroxylation sites is 1. The number of carbonyl (C=O) groups excluding carboxylic acids is 1. The lowest BCUT2D eigenvalue weighted by Crippen LogP contribution is -2.42. The van der Waals surface area contributed by atoms with E-state index >= 15 is 0 Å². The van der Waals surface area contributed by atoms with E-state index in [1.54, 1.807) is 0 Å². The molecule has 2 amide bonds. The van der Waals surface area contributed by atoms with E-state index < -0.39 is 0 Å². The van der Waals surface area contributed by atoms with Crippen molar-refractivity contribution < 1.29 is 9.90 Å². The van der Waals surface area contributed by atoms with Gasteiger partial charge in [-0.05, 0) is 37.8 Å². The standard InChI is InChI=1S/C17H25N3O2/c1-3-13(9-11-21)20-17(22)18-10-8-14-12(2)19-16-7-5-4-6-15(14)16/h4-7,13,19,21H,3,8-11H2,1-2H3,(H2,18,20,22). The van der Waals surface area contributed by atoms with E-state index in [1.807, 2.05) is 19.1 Å². The number of H-pyrrole nitrogens is 1. The first-order valence-corrected chi connectivity index (χ1v) is 7.87. The predicted octanol–water partition coefficient (Wildman–Crippen LogP) is 2.48. The molecule has 2 aromatic rings. The van der Waals surface area contributed by atoms with Crippen LogP contribution in [0.4, 0.5) is 4.79 Å². The number of amides is 2. The molecule has 5 heteroatoms. The molecule has 0 radical (unpaired) electrons. The second-order valence-electron chi connectivity index (χ2n) is 5.54. The van der Waals surface area contributed by atoms with E-state index in [0.717, 1.165) is 24.1 Å². The summed E-state index contributed by atoms with van der Waals surface area (Å²) in [6.07, 6.45) is 2.20. The Labute approximate surface area is 131 Å². The molecular weight excluding hydrogens is 278 g/mol. The Morgan fingerprint density at radius 2 is 2.14 bits per heavy atom. The largest absolute Gasteiger partial charge is 0.396 e. The van der Waals surface area contributed by atoms with Crippen LogP contribution in [0, 0.1) is 6.92 Å². The van der Waals surface area contributed by atoms with E-state index in [9.17, 15) is 4.79 Å². The van der Waals surface area contributed by atoms with Crippen molar-refractivity contribution in [2.75, 3.05) is 13.2 Å². The molecule has 5 nitrogen and oxygen atoms in total. The minimum absolute atomic E-state index is 0.0276. The van der Waals surface area contributed by atoms with E-state index in [1.165, 1.54) is 10.9 Å². The quantitative estimate of drug-likeness (QED) is 0.634. The van der Waals surface area contributed by atoms with E-state index in [2.05, 4.69) is 34.7 Å². The maximum absolute atomic E-state index is 11.9. The smallest absolute Gasteiger partial charge is 0.315 e. The zero-order valence-corrected chi connectivity index (χ0v) is 13.3. The summed E-state index contributed by atoms with van der Waals surface area (Å²) >= 11 is 0. The van der Waals surface area contributed by atoms with Crippen LogP contribution in [0.5, 0.6) is 0 Å². The molecule has 0 bridgehead atoms. The van der Waals surface area contributed by atoms with Crippen LogP contribution in [-0.4, -0.2) is 35.3 Å². The molecule has 0 aliphatic carbocycles. The molecule has 2 rings (SSSR count). The van der Waals surface area contributed by atoms with Gasteiger partial charge in [-0.25, -0.2) is 4.79 Å². The van der Waals surface area contributed by atoms with Gasteiger partial charge < -0.3 is 20.7 Å². The van der Waals surface area contributed by atoms with Crippen molar-refractivity contribution in [3.05, 3.63) is 35.5 Å². The van der Waals surface area contributed by atoms with Crippen molar-refractivity contribution in [2.24, 2.45) is 0 Å².